The van der Waals surface area contributed by atoms with Crippen molar-refractivity contribution in [3.8, 4) is 0 Å². The Morgan fingerprint density at radius 3 is 2.69 bits per heavy atom. The van der Waals surface area contributed by atoms with Gasteiger partial charge in [0.05, 0.1) is 0 Å². The summed E-state index contributed by atoms with van der Waals surface area (Å²) in [6, 6.07) is 0. The largest absolute Gasteiger partial charge is 0.697 e. The third kappa shape index (κ3) is 7.64. The number of nitrogens with two attached hydrogens (primary N) is 1. The number of rotatable bonds is 6. The molecule has 76 valence electrons. The molecular formula is C6H14N2O4P+. The summed E-state index contributed by atoms with van der Waals surface area (Å²) in [6.45, 7) is 3.99. The molecule has 7 heteroatoms. The summed E-state index contributed by atoms with van der Waals surface area (Å²) in [4.78, 5) is 0. The normalized spacial score (nSPS) is 13.5. The van der Waals surface area contributed by atoms with Gasteiger partial charge in [0.2, 0.25) is 0 Å². The second kappa shape index (κ2) is 6.77. The lowest BCUT2D eigenvalue weighted by atomic mass is 10.2. The monoisotopic (exact) mass is 209 g/mol. The van der Waals surface area contributed by atoms with Crippen LogP contribution in [0.3, 0.4) is 0 Å². The molecule has 0 rings (SSSR count). The molecule has 1 atom stereocenters. The van der Waals surface area contributed by atoms with E-state index < -0.39 is 8.25 Å². The molecule has 0 aliphatic heterocycles. The van der Waals surface area contributed by atoms with E-state index in [0.29, 0.717) is 6.61 Å². The van der Waals surface area contributed by atoms with E-state index in [4.69, 9.17) is 15.5 Å². The zero-order chi connectivity index (χ0) is 10.3. The van der Waals surface area contributed by atoms with E-state index in [2.05, 4.69) is 9.68 Å². The number of hydrogen-bond acceptors (Lipinski definition) is 5. The second-order valence-electron chi connectivity index (χ2n) is 2.78. The van der Waals surface area contributed by atoms with Crippen LogP contribution in [0.15, 0.2) is 5.16 Å². The fourth-order valence-corrected chi connectivity index (χ4v) is 1.13. The summed E-state index contributed by atoms with van der Waals surface area (Å²) in [7, 11) is -2.17. The van der Waals surface area contributed by atoms with Crippen LogP contribution in [-0.4, -0.2) is 24.3 Å². The van der Waals surface area contributed by atoms with Gasteiger partial charge in [0.15, 0.2) is 12.4 Å². The quantitative estimate of drug-likeness (QED) is 0.224. The second-order valence-corrected chi connectivity index (χ2v) is 3.74. The average Bonchev–Trinajstić information content (AvgIpc) is 2.10. The molecule has 3 N–H and O–H groups in total. The van der Waals surface area contributed by atoms with Gasteiger partial charge in [-0.15, -0.1) is 9.05 Å². The number of amidine groups is 1. The van der Waals surface area contributed by atoms with Crippen molar-refractivity contribution in [2.75, 3.05) is 13.2 Å². The highest BCUT2D eigenvalue weighted by Gasteiger charge is 2.21. The molecule has 1 unspecified atom stereocenters. The molecule has 13 heavy (non-hydrogen) atoms. The summed E-state index contributed by atoms with van der Waals surface area (Å²) in [5.41, 5.74) is 5.07. The van der Waals surface area contributed by atoms with Crippen LogP contribution in [0.25, 0.3) is 0 Å². The lowest BCUT2D eigenvalue weighted by Crippen LogP contribution is -2.17. The van der Waals surface area contributed by atoms with Gasteiger partial charge in [0, 0.05) is 4.57 Å². The summed E-state index contributed by atoms with van der Waals surface area (Å²) in [6.07, 6.45) is 0. The smallest absolute Gasteiger partial charge is 0.409 e. The molecule has 0 spiro atoms. The van der Waals surface area contributed by atoms with Crippen LogP contribution < -0.4 is 5.73 Å². The topological polar surface area (TPSA) is 94.1 Å². The van der Waals surface area contributed by atoms with Crippen LogP contribution in [0.1, 0.15) is 13.8 Å². The SMILES string of the molecule is CC(C)CO[P+](=O)OCC(N)=NO. The molecule has 0 radical (unpaired) electrons. The van der Waals surface area contributed by atoms with E-state index in [1.54, 1.807) is 0 Å². The predicted molar refractivity (Wildman–Crippen MR) is 47.8 cm³/mol. The van der Waals surface area contributed by atoms with Crippen molar-refractivity contribution < 1.29 is 18.8 Å². The van der Waals surface area contributed by atoms with Crippen molar-refractivity contribution in [1.29, 1.82) is 0 Å². The lowest BCUT2D eigenvalue weighted by Gasteiger charge is -1.95. The molecule has 0 saturated carbocycles. The van der Waals surface area contributed by atoms with Crippen molar-refractivity contribution in [2.24, 2.45) is 16.8 Å². The van der Waals surface area contributed by atoms with Gasteiger partial charge >= 0.3 is 8.25 Å². The minimum atomic E-state index is -2.17. The maximum absolute atomic E-state index is 10.9. The van der Waals surface area contributed by atoms with E-state index in [-0.39, 0.29) is 18.4 Å². The highest BCUT2D eigenvalue weighted by molar-refractivity contribution is 7.33. The molecule has 0 aromatic rings. The molecule has 0 bridgehead atoms. The highest BCUT2D eigenvalue weighted by atomic mass is 31.1. The Morgan fingerprint density at radius 2 is 2.23 bits per heavy atom. The fraction of sp³-hybridized carbons (Fsp3) is 0.833. The molecule has 0 aliphatic rings. The zero-order valence-corrected chi connectivity index (χ0v) is 8.53. The Balaban J connectivity index is 3.52. The molecular weight excluding hydrogens is 195 g/mol. The molecule has 6 nitrogen and oxygen atoms in total. The van der Waals surface area contributed by atoms with Crippen LogP contribution in [0.2, 0.25) is 0 Å². The lowest BCUT2D eigenvalue weighted by molar-refractivity contribution is 0.219. The van der Waals surface area contributed by atoms with Gasteiger partial charge in [-0.25, -0.2) is 0 Å². The van der Waals surface area contributed by atoms with Gasteiger partial charge in [0.25, 0.3) is 0 Å². The number of oxime groups is 1. The Morgan fingerprint density at radius 1 is 1.62 bits per heavy atom. The first-order valence-corrected chi connectivity index (χ1v) is 4.85. The average molecular weight is 209 g/mol. The Bertz CT molecular complexity index is 195. The van der Waals surface area contributed by atoms with Gasteiger partial charge in [-0.05, 0) is 5.92 Å². The van der Waals surface area contributed by atoms with E-state index in [1.807, 2.05) is 13.8 Å². The molecule has 0 aromatic carbocycles. The molecule has 0 aliphatic carbocycles. The summed E-state index contributed by atoms with van der Waals surface area (Å²) in [5, 5.41) is 10.8. The van der Waals surface area contributed by atoms with Crippen molar-refractivity contribution in [3.63, 3.8) is 0 Å². The van der Waals surface area contributed by atoms with Crippen LogP contribution in [0.5, 0.6) is 0 Å². The Kier molecular flexibility index (Phi) is 6.40. The van der Waals surface area contributed by atoms with Gasteiger partial charge < -0.3 is 10.9 Å². The molecule has 0 fully saturated rings. The van der Waals surface area contributed by atoms with Crippen LogP contribution in [0.4, 0.5) is 0 Å². The first-order chi connectivity index (χ1) is 6.06. The third-order valence-corrected chi connectivity index (χ3v) is 1.66. The summed E-state index contributed by atoms with van der Waals surface area (Å²) in [5.74, 6) is 0.142. The highest BCUT2D eigenvalue weighted by Crippen LogP contribution is 2.23. The van der Waals surface area contributed by atoms with E-state index >= 15 is 0 Å². The van der Waals surface area contributed by atoms with Gasteiger partial charge in [-0.2, -0.15) is 0 Å². The Labute approximate surface area is 77.7 Å². The van der Waals surface area contributed by atoms with E-state index in [0.717, 1.165) is 0 Å². The minimum Gasteiger partial charge on any atom is -0.409 e. The maximum Gasteiger partial charge on any atom is 0.697 e. The third-order valence-electron chi connectivity index (χ3n) is 0.960. The summed E-state index contributed by atoms with van der Waals surface area (Å²) < 4.78 is 20.3. The predicted octanol–water partition coefficient (Wildman–Crippen LogP) is 1.08. The van der Waals surface area contributed by atoms with Gasteiger partial charge in [-0.3, -0.25) is 0 Å². The molecule has 0 saturated heterocycles. The van der Waals surface area contributed by atoms with Crippen molar-refractivity contribution in [3.05, 3.63) is 0 Å². The van der Waals surface area contributed by atoms with Gasteiger partial charge in [0.1, 0.15) is 6.61 Å². The van der Waals surface area contributed by atoms with Crippen LogP contribution in [0, 0.1) is 5.92 Å². The van der Waals surface area contributed by atoms with Gasteiger partial charge in [-0.1, -0.05) is 19.0 Å². The van der Waals surface area contributed by atoms with Crippen molar-refractivity contribution in [2.45, 2.75) is 13.8 Å². The summed E-state index contributed by atoms with van der Waals surface area (Å²) >= 11 is 0. The number of nitrogens with zero attached hydrogens (tertiary/aromatic N) is 1. The van der Waals surface area contributed by atoms with Crippen molar-refractivity contribution >= 4 is 14.1 Å². The first-order valence-electron chi connectivity index (χ1n) is 3.75. The van der Waals surface area contributed by atoms with Crippen molar-refractivity contribution in [1.82, 2.24) is 0 Å². The Hall–Kier alpha value is -0.710. The maximum atomic E-state index is 10.9. The fourth-order valence-electron chi connectivity index (χ4n) is 0.395. The van der Waals surface area contributed by atoms with Crippen LogP contribution >= 0.6 is 8.25 Å². The number of hydrogen-bond donors (Lipinski definition) is 2. The molecule has 0 amide bonds. The van der Waals surface area contributed by atoms with E-state index in [9.17, 15) is 4.57 Å². The molecule has 0 aromatic heterocycles. The van der Waals surface area contributed by atoms with Crippen LogP contribution in [-0.2, 0) is 13.6 Å². The standard InChI is InChI=1S/C6H13N2O4P/c1-5(2)3-11-13(10)12-4-6(7)8-9/h5H,3-4H2,1-2H3,(H2-,7,8,9)/p+1. The van der Waals surface area contributed by atoms with E-state index in [1.165, 1.54) is 0 Å². The molecule has 0 heterocycles. The first kappa shape index (κ1) is 12.3. The minimum absolute atomic E-state index is 0.142. The zero-order valence-electron chi connectivity index (χ0n) is 7.64.